The summed E-state index contributed by atoms with van der Waals surface area (Å²) in [6.45, 7) is 5.02. The molecular weight excluding hydrogens is 228 g/mol. The molecule has 0 aliphatic carbocycles. The number of aliphatic carboxylic acids is 1. The van der Waals surface area contributed by atoms with Gasteiger partial charge in [-0.25, -0.2) is 4.79 Å². The van der Waals surface area contributed by atoms with Gasteiger partial charge in [0.1, 0.15) is 5.60 Å². The number of ether oxygens (including phenoxy) is 1. The van der Waals surface area contributed by atoms with Crippen molar-refractivity contribution in [2.75, 3.05) is 0 Å². The zero-order valence-corrected chi connectivity index (χ0v) is 10.1. The number of nitrogens with two attached hydrogens (primary N) is 1. The van der Waals surface area contributed by atoms with E-state index in [1.807, 2.05) is 0 Å². The maximum absolute atomic E-state index is 11.4. The first-order chi connectivity index (χ1) is 7.60. The SMILES string of the molecule is CC(C)(C)OC(=O)NC(CC(N)=O)CC(=O)O. The minimum atomic E-state index is -1.13. The monoisotopic (exact) mass is 246 g/mol. The van der Waals surface area contributed by atoms with Crippen LogP contribution in [0, 0.1) is 0 Å². The largest absolute Gasteiger partial charge is 0.481 e. The Morgan fingerprint density at radius 1 is 1.29 bits per heavy atom. The van der Waals surface area contributed by atoms with Crippen molar-refractivity contribution in [1.29, 1.82) is 0 Å². The van der Waals surface area contributed by atoms with Gasteiger partial charge in [-0.15, -0.1) is 0 Å². The third-order valence-corrected chi connectivity index (χ3v) is 1.59. The summed E-state index contributed by atoms with van der Waals surface area (Å²) in [5.41, 5.74) is 4.26. The molecule has 98 valence electrons. The van der Waals surface area contributed by atoms with Crippen molar-refractivity contribution in [3.05, 3.63) is 0 Å². The van der Waals surface area contributed by atoms with Crippen LogP contribution in [-0.2, 0) is 14.3 Å². The predicted octanol–water partition coefficient (Wildman–Crippen LogP) is 0.230. The van der Waals surface area contributed by atoms with Crippen molar-refractivity contribution >= 4 is 18.0 Å². The Bertz CT molecular complexity index is 292. The second kappa shape index (κ2) is 6.07. The molecule has 2 amide bonds. The highest BCUT2D eigenvalue weighted by molar-refractivity contribution is 5.78. The molecule has 4 N–H and O–H groups in total. The number of carbonyl (C=O) groups is 3. The first-order valence-electron chi connectivity index (χ1n) is 5.10. The van der Waals surface area contributed by atoms with Gasteiger partial charge in [-0.2, -0.15) is 0 Å². The van der Waals surface area contributed by atoms with Gasteiger partial charge in [-0.05, 0) is 20.8 Å². The molecule has 0 spiro atoms. The van der Waals surface area contributed by atoms with Gasteiger partial charge in [0, 0.05) is 6.42 Å². The maximum Gasteiger partial charge on any atom is 0.407 e. The zero-order valence-electron chi connectivity index (χ0n) is 10.1. The smallest absolute Gasteiger partial charge is 0.407 e. The van der Waals surface area contributed by atoms with Crippen LogP contribution in [0.15, 0.2) is 0 Å². The number of primary amides is 1. The summed E-state index contributed by atoms with van der Waals surface area (Å²) in [5.74, 6) is -1.82. The lowest BCUT2D eigenvalue weighted by Crippen LogP contribution is -2.42. The highest BCUT2D eigenvalue weighted by Crippen LogP contribution is 2.08. The minimum Gasteiger partial charge on any atom is -0.481 e. The first kappa shape index (κ1) is 15.2. The highest BCUT2D eigenvalue weighted by atomic mass is 16.6. The standard InChI is InChI=1S/C10H18N2O5/c1-10(2,3)17-9(16)12-6(4-7(11)13)5-8(14)15/h6H,4-5H2,1-3H3,(H2,11,13)(H,12,16)(H,14,15). The zero-order chi connectivity index (χ0) is 13.6. The molecule has 0 rings (SSSR count). The van der Waals surface area contributed by atoms with E-state index in [0.29, 0.717) is 0 Å². The number of hydrogen-bond donors (Lipinski definition) is 3. The normalized spacial score (nSPS) is 12.6. The first-order valence-corrected chi connectivity index (χ1v) is 5.10. The summed E-state index contributed by atoms with van der Waals surface area (Å²) in [5, 5.41) is 10.9. The van der Waals surface area contributed by atoms with Crippen LogP contribution in [0.25, 0.3) is 0 Å². The molecule has 7 nitrogen and oxygen atoms in total. The van der Waals surface area contributed by atoms with Crippen LogP contribution in [0.4, 0.5) is 4.79 Å². The van der Waals surface area contributed by atoms with Gasteiger partial charge in [0.05, 0.1) is 12.5 Å². The van der Waals surface area contributed by atoms with Crippen molar-refractivity contribution in [2.24, 2.45) is 5.73 Å². The molecule has 0 saturated carbocycles. The lowest BCUT2D eigenvalue weighted by atomic mass is 10.1. The van der Waals surface area contributed by atoms with E-state index in [9.17, 15) is 14.4 Å². The Balaban J connectivity index is 4.37. The van der Waals surface area contributed by atoms with E-state index in [4.69, 9.17) is 15.6 Å². The van der Waals surface area contributed by atoms with Crippen molar-refractivity contribution < 1.29 is 24.2 Å². The molecule has 0 bridgehead atoms. The molecule has 0 aliphatic rings. The van der Waals surface area contributed by atoms with Gasteiger partial charge in [0.2, 0.25) is 5.91 Å². The summed E-state index contributed by atoms with van der Waals surface area (Å²) in [4.78, 5) is 32.6. The summed E-state index contributed by atoms with van der Waals surface area (Å²) >= 11 is 0. The van der Waals surface area contributed by atoms with Gasteiger partial charge in [-0.1, -0.05) is 0 Å². The van der Waals surface area contributed by atoms with E-state index in [1.54, 1.807) is 20.8 Å². The van der Waals surface area contributed by atoms with Crippen LogP contribution in [0.1, 0.15) is 33.6 Å². The number of carboxylic acids is 1. The van der Waals surface area contributed by atoms with Crippen LogP contribution in [0.2, 0.25) is 0 Å². The lowest BCUT2D eigenvalue weighted by molar-refractivity contribution is -0.137. The molecule has 0 aromatic carbocycles. The van der Waals surface area contributed by atoms with E-state index in [2.05, 4.69) is 5.32 Å². The molecule has 1 unspecified atom stereocenters. The Hall–Kier alpha value is -1.79. The molecule has 0 aliphatic heterocycles. The fraction of sp³-hybridized carbons (Fsp3) is 0.700. The van der Waals surface area contributed by atoms with Crippen molar-refractivity contribution in [3.63, 3.8) is 0 Å². The molecule has 0 fully saturated rings. The predicted molar refractivity (Wildman–Crippen MR) is 59.2 cm³/mol. The number of rotatable bonds is 5. The van der Waals surface area contributed by atoms with Gasteiger partial charge in [0.25, 0.3) is 0 Å². The summed E-state index contributed by atoms with van der Waals surface area (Å²) in [6.07, 6.45) is -1.40. The molecule has 17 heavy (non-hydrogen) atoms. The Kier molecular flexibility index (Phi) is 5.43. The number of carbonyl (C=O) groups excluding carboxylic acids is 2. The van der Waals surface area contributed by atoms with E-state index in [0.717, 1.165) is 0 Å². The molecule has 0 aromatic heterocycles. The number of nitrogens with one attached hydrogen (secondary N) is 1. The van der Waals surface area contributed by atoms with E-state index >= 15 is 0 Å². The quantitative estimate of drug-likeness (QED) is 0.641. The van der Waals surface area contributed by atoms with Crippen LogP contribution in [-0.4, -0.2) is 34.7 Å². The number of hydrogen-bond acceptors (Lipinski definition) is 4. The van der Waals surface area contributed by atoms with Crippen molar-refractivity contribution in [3.8, 4) is 0 Å². The van der Waals surface area contributed by atoms with Gasteiger partial charge < -0.3 is 20.9 Å². The minimum absolute atomic E-state index is 0.245. The van der Waals surface area contributed by atoms with Crippen molar-refractivity contribution in [1.82, 2.24) is 5.32 Å². The molecule has 0 saturated heterocycles. The van der Waals surface area contributed by atoms with Crippen LogP contribution >= 0.6 is 0 Å². The van der Waals surface area contributed by atoms with Crippen LogP contribution in [0.3, 0.4) is 0 Å². The van der Waals surface area contributed by atoms with Gasteiger partial charge in [-0.3, -0.25) is 9.59 Å². The van der Waals surface area contributed by atoms with Crippen LogP contribution < -0.4 is 11.1 Å². The van der Waals surface area contributed by atoms with Gasteiger partial charge >= 0.3 is 12.1 Å². The summed E-state index contributed by atoms with van der Waals surface area (Å²) in [7, 11) is 0. The Labute approximate surface area is 99.3 Å². The second-order valence-corrected chi connectivity index (χ2v) is 4.61. The summed E-state index contributed by atoms with van der Waals surface area (Å²) in [6, 6.07) is -0.861. The lowest BCUT2D eigenvalue weighted by Gasteiger charge is -2.22. The Morgan fingerprint density at radius 2 is 1.82 bits per heavy atom. The number of amides is 2. The second-order valence-electron chi connectivity index (χ2n) is 4.61. The van der Waals surface area contributed by atoms with Crippen molar-refractivity contribution in [2.45, 2.75) is 45.3 Å². The molecule has 0 radical (unpaired) electrons. The molecule has 0 aromatic rings. The average molecular weight is 246 g/mol. The highest BCUT2D eigenvalue weighted by Gasteiger charge is 2.22. The number of alkyl carbamates (subject to hydrolysis) is 1. The Morgan fingerprint density at radius 3 is 2.18 bits per heavy atom. The maximum atomic E-state index is 11.4. The van der Waals surface area contributed by atoms with Crippen LogP contribution in [0.5, 0.6) is 0 Å². The van der Waals surface area contributed by atoms with E-state index in [1.165, 1.54) is 0 Å². The fourth-order valence-corrected chi connectivity index (χ4v) is 1.10. The number of carboxylic acid groups (broad SMARTS) is 1. The molecule has 0 heterocycles. The third kappa shape index (κ3) is 9.16. The average Bonchev–Trinajstić information content (AvgIpc) is 1.95. The third-order valence-electron chi connectivity index (χ3n) is 1.59. The van der Waals surface area contributed by atoms with E-state index in [-0.39, 0.29) is 12.8 Å². The van der Waals surface area contributed by atoms with Gasteiger partial charge in [0.15, 0.2) is 0 Å². The molecule has 1 atom stereocenters. The molecular formula is C10H18N2O5. The topological polar surface area (TPSA) is 119 Å². The fourth-order valence-electron chi connectivity index (χ4n) is 1.10. The van der Waals surface area contributed by atoms with E-state index < -0.39 is 29.6 Å². The summed E-state index contributed by atoms with van der Waals surface area (Å²) < 4.78 is 4.94. The molecule has 7 heteroatoms.